The highest BCUT2D eigenvalue weighted by Gasteiger charge is 2.37. The van der Waals surface area contributed by atoms with Gasteiger partial charge in [0.15, 0.2) is 0 Å². The zero-order valence-electron chi connectivity index (χ0n) is 24.6. The van der Waals surface area contributed by atoms with E-state index >= 15 is 0 Å². The Morgan fingerprint density at radius 1 is 1.05 bits per heavy atom. The van der Waals surface area contributed by atoms with Crippen molar-refractivity contribution in [1.82, 2.24) is 24.5 Å². The zero-order valence-corrected chi connectivity index (χ0v) is 25.4. The number of likely N-dealkylation sites (tertiary alicyclic amines) is 2. The number of fused-ring (bicyclic) bond motifs is 2. The van der Waals surface area contributed by atoms with Gasteiger partial charge in [-0.1, -0.05) is 12.5 Å². The molecule has 43 heavy (non-hydrogen) atoms. The minimum absolute atomic E-state index is 0.0142. The van der Waals surface area contributed by atoms with Crippen molar-refractivity contribution in [2.45, 2.75) is 75.7 Å². The van der Waals surface area contributed by atoms with Gasteiger partial charge in [0.2, 0.25) is 11.8 Å². The van der Waals surface area contributed by atoms with Gasteiger partial charge in [0.25, 0.3) is 0 Å². The van der Waals surface area contributed by atoms with E-state index in [9.17, 15) is 27.9 Å². The lowest BCUT2D eigenvalue weighted by atomic mass is 9.99. The number of carbonyl (C=O) groups is 2. The van der Waals surface area contributed by atoms with E-state index in [-0.39, 0.29) is 29.0 Å². The number of aliphatic hydroxyl groups excluding tert-OH is 1. The highest BCUT2D eigenvalue weighted by molar-refractivity contribution is 8.00. The number of hydrogen-bond donors (Lipinski definition) is 1. The summed E-state index contributed by atoms with van der Waals surface area (Å²) < 4.78 is 43.8. The number of hydrogen-bond acceptors (Lipinski definition) is 6. The molecule has 0 bridgehead atoms. The second-order valence-corrected chi connectivity index (χ2v) is 13.6. The van der Waals surface area contributed by atoms with Crippen molar-refractivity contribution in [2.75, 3.05) is 45.0 Å². The smallest absolute Gasteiger partial charge is 0.390 e. The first-order chi connectivity index (χ1) is 20.6. The zero-order chi connectivity index (χ0) is 30.3. The molecule has 3 unspecified atom stereocenters. The molecule has 1 aromatic carbocycles. The summed E-state index contributed by atoms with van der Waals surface area (Å²) in [6, 6.07) is 3.96. The van der Waals surface area contributed by atoms with Crippen LogP contribution in [0.25, 0.3) is 11.3 Å². The Balaban J connectivity index is 1.27. The second-order valence-electron chi connectivity index (χ2n) is 12.6. The molecule has 1 aromatic heterocycles. The summed E-state index contributed by atoms with van der Waals surface area (Å²) in [4.78, 5) is 30.7. The van der Waals surface area contributed by atoms with E-state index in [0.717, 1.165) is 66.9 Å². The normalized spacial score (nSPS) is 23.1. The maximum absolute atomic E-state index is 14.0. The molecule has 1 N–H and O–H groups in total. The first-order valence-corrected chi connectivity index (χ1v) is 16.4. The van der Waals surface area contributed by atoms with Crippen molar-refractivity contribution in [2.24, 2.45) is 11.8 Å². The minimum Gasteiger partial charge on any atom is -0.390 e. The Morgan fingerprint density at radius 2 is 1.77 bits per heavy atom. The van der Waals surface area contributed by atoms with Crippen LogP contribution < -0.4 is 0 Å². The van der Waals surface area contributed by atoms with Crippen LogP contribution in [-0.4, -0.2) is 92.5 Å². The Hall–Kier alpha value is -2.57. The lowest BCUT2D eigenvalue weighted by molar-refractivity contribution is -0.139. The van der Waals surface area contributed by atoms with Gasteiger partial charge in [-0.25, -0.2) is 0 Å². The number of amides is 2. The highest BCUT2D eigenvalue weighted by atomic mass is 32.2. The van der Waals surface area contributed by atoms with Crippen LogP contribution in [0.3, 0.4) is 0 Å². The summed E-state index contributed by atoms with van der Waals surface area (Å²) in [6.45, 7) is 6.50. The molecule has 0 spiro atoms. The summed E-state index contributed by atoms with van der Waals surface area (Å²) in [5.41, 5.74) is 1.95. The van der Waals surface area contributed by atoms with Gasteiger partial charge in [-0.05, 0) is 49.7 Å². The van der Waals surface area contributed by atoms with Crippen LogP contribution in [0.2, 0.25) is 0 Å². The number of alkyl halides is 3. The van der Waals surface area contributed by atoms with Crippen molar-refractivity contribution >= 4 is 23.6 Å². The first-order valence-electron chi connectivity index (χ1n) is 15.4. The summed E-state index contributed by atoms with van der Waals surface area (Å²) >= 11 is 0.907. The van der Waals surface area contributed by atoms with Crippen molar-refractivity contribution in [3.05, 3.63) is 35.0 Å². The van der Waals surface area contributed by atoms with Gasteiger partial charge >= 0.3 is 6.18 Å². The third kappa shape index (κ3) is 6.61. The van der Waals surface area contributed by atoms with Crippen LogP contribution in [-0.2, 0) is 35.3 Å². The quantitative estimate of drug-likeness (QED) is 0.445. The van der Waals surface area contributed by atoms with Crippen LogP contribution >= 0.6 is 11.8 Å². The van der Waals surface area contributed by atoms with Crippen molar-refractivity contribution < 1.29 is 27.9 Å². The number of β-amino-alcohol motifs (C(OH)–C–C–N with tert-alkyl or cyclic N) is 1. The maximum atomic E-state index is 14.0. The Labute approximate surface area is 254 Å². The topological polar surface area (TPSA) is 81.9 Å². The molecule has 6 rings (SSSR count). The number of benzene rings is 1. The van der Waals surface area contributed by atoms with E-state index in [0.29, 0.717) is 50.4 Å². The number of thioether (sulfide) groups is 1. The van der Waals surface area contributed by atoms with Crippen molar-refractivity contribution in [3.63, 3.8) is 0 Å². The average molecular weight is 620 g/mol. The Bertz CT molecular complexity index is 1350. The lowest BCUT2D eigenvalue weighted by Gasteiger charge is -2.27. The molecule has 2 aromatic rings. The molecule has 234 valence electrons. The number of aromatic nitrogens is 2. The van der Waals surface area contributed by atoms with Gasteiger partial charge in [-0.2, -0.15) is 18.3 Å². The number of aliphatic hydroxyl groups is 1. The molecular weight excluding hydrogens is 579 g/mol. The molecular formula is C31H40F3N5O3S. The van der Waals surface area contributed by atoms with E-state index in [1.165, 1.54) is 38.3 Å². The van der Waals surface area contributed by atoms with Gasteiger partial charge in [-0.15, -0.1) is 11.8 Å². The Kier molecular flexibility index (Phi) is 8.81. The maximum Gasteiger partial charge on any atom is 0.417 e. The summed E-state index contributed by atoms with van der Waals surface area (Å²) in [5, 5.41) is 16.0. The molecule has 1 saturated carbocycles. The predicted octanol–water partition coefficient (Wildman–Crippen LogP) is 4.28. The summed E-state index contributed by atoms with van der Waals surface area (Å²) in [6.07, 6.45) is 0.993. The Morgan fingerprint density at radius 3 is 2.44 bits per heavy atom. The van der Waals surface area contributed by atoms with Crippen LogP contribution in [0.15, 0.2) is 23.1 Å². The number of carbonyl (C=O) groups excluding carboxylic acids is 2. The minimum atomic E-state index is -4.57. The van der Waals surface area contributed by atoms with Crippen molar-refractivity contribution in [1.29, 1.82) is 0 Å². The third-order valence-corrected chi connectivity index (χ3v) is 10.6. The van der Waals surface area contributed by atoms with Gasteiger partial charge in [-0.3, -0.25) is 14.3 Å². The summed E-state index contributed by atoms with van der Waals surface area (Å²) in [5.74, 6) is 1.16. The van der Waals surface area contributed by atoms with Crippen LogP contribution in [0.5, 0.6) is 0 Å². The molecule has 0 radical (unpaired) electrons. The van der Waals surface area contributed by atoms with E-state index in [2.05, 4.69) is 4.90 Å². The van der Waals surface area contributed by atoms with E-state index < -0.39 is 17.8 Å². The fourth-order valence-electron chi connectivity index (χ4n) is 7.40. The largest absolute Gasteiger partial charge is 0.417 e. The first kappa shape index (κ1) is 30.5. The van der Waals surface area contributed by atoms with Crippen LogP contribution in [0.1, 0.15) is 55.8 Å². The second kappa shape index (κ2) is 12.4. The standard InChI is InChI=1S/C31H40F3N5O3S/c1-20(40)38-12-9-27-25(18-38)30(35-39(27)17-24(41)16-36-14-22-5-4-6-23(22)15-36)21-7-8-26(31(32,33)34)28(13-21)43-19-29(42)37-10-2-3-11-37/h7-8,13,22-24,41H,2-6,9-12,14-19H2,1H3. The molecule has 3 aliphatic heterocycles. The highest BCUT2D eigenvalue weighted by Crippen LogP contribution is 2.41. The molecule has 1 aliphatic carbocycles. The van der Waals surface area contributed by atoms with Gasteiger partial charge < -0.3 is 19.8 Å². The van der Waals surface area contributed by atoms with Crippen LogP contribution in [0.4, 0.5) is 13.2 Å². The molecule has 3 atom stereocenters. The summed E-state index contributed by atoms with van der Waals surface area (Å²) in [7, 11) is 0. The molecule has 2 amide bonds. The fraction of sp³-hybridized carbons (Fsp3) is 0.645. The number of halogens is 3. The monoisotopic (exact) mass is 619 g/mol. The molecule has 12 heteroatoms. The number of rotatable bonds is 8. The average Bonchev–Trinajstić information content (AvgIpc) is 3.76. The van der Waals surface area contributed by atoms with Gasteiger partial charge in [0.05, 0.1) is 29.7 Å². The molecule has 2 saturated heterocycles. The molecule has 4 aliphatic rings. The van der Waals surface area contributed by atoms with Gasteiger partial charge in [0, 0.05) is 80.9 Å². The lowest BCUT2D eigenvalue weighted by Crippen LogP contribution is -2.36. The number of nitrogens with zero attached hydrogens (tertiary/aromatic N) is 5. The van der Waals surface area contributed by atoms with E-state index in [4.69, 9.17) is 5.10 Å². The molecule has 4 heterocycles. The fourth-order valence-corrected chi connectivity index (χ4v) is 8.41. The van der Waals surface area contributed by atoms with E-state index in [1.54, 1.807) is 14.5 Å². The van der Waals surface area contributed by atoms with Gasteiger partial charge in [0.1, 0.15) is 0 Å². The van der Waals surface area contributed by atoms with E-state index in [1.807, 2.05) is 0 Å². The van der Waals surface area contributed by atoms with Crippen molar-refractivity contribution in [3.8, 4) is 11.3 Å². The SMILES string of the molecule is CC(=O)N1CCc2c(c(-c3ccc(C(F)(F)F)c(SCC(=O)N4CCCC4)c3)nn2CC(O)CN2CC3CCCC3C2)C1. The van der Waals surface area contributed by atoms with Crippen LogP contribution in [0, 0.1) is 11.8 Å². The third-order valence-electron chi connectivity index (χ3n) is 9.60. The predicted molar refractivity (Wildman–Crippen MR) is 157 cm³/mol. The molecule has 3 fully saturated rings. The molecule has 8 nitrogen and oxygen atoms in total.